The molecule has 1 aromatic heterocycles. The molecule has 0 aliphatic heterocycles. The van der Waals surface area contributed by atoms with Gasteiger partial charge in [0, 0.05) is 21.4 Å². The molecule has 1 N–H and O–H groups in total. The van der Waals surface area contributed by atoms with Crippen LogP contribution in [0.4, 0.5) is 0 Å². The van der Waals surface area contributed by atoms with E-state index in [-0.39, 0.29) is 11.1 Å². The summed E-state index contributed by atoms with van der Waals surface area (Å²) in [5.74, 6) is -0.132. The average molecular weight is 344 g/mol. The summed E-state index contributed by atoms with van der Waals surface area (Å²) in [5.41, 5.74) is 0.515. The molecule has 0 aliphatic carbocycles. The summed E-state index contributed by atoms with van der Waals surface area (Å²) in [5, 5.41) is 0.652. The van der Waals surface area contributed by atoms with Gasteiger partial charge in [0.2, 0.25) is 5.56 Å². The molecule has 0 saturated heterocycles. The Morgan fingerprint density at radius 1 is 1.05 bits per heavy atom. The molecular formula is C16H10BrNO3. The normalized spacial score (nSPS) is 10.5. The minimum absolute atomic E-state index is 0.247. The number of H-pyrrole nitrogens is 1. The van der Waals surface area contributed by atoms with Gasteiger partial charge < -0.3 is 9.72 Å². The van der Waals surface area contributed by atoms with Crippen molar-refractivity contribution in [3.8, 4) is 5.75 Å². The van der Waals surface area contributed by atoms with Crippen LogP contribution in [0.15, 0.2) is 63.9 Å². The number of aromatic amines is 1. The van der Waals surface area contributed by atoms with Gasteiger partial charge in [0.05, 0.1) is 5.56 Å². The monoisotopic (exact) mass is 343 g/mol. The molecule has 0 atom stereocenters. The van der Waals surface area contributed by atoms with Crippen molar-refractivity contribution in [2.45, 2.75) is 0 Å². The summed E-state index contributed by atoms with van der Waals surface area (Å²) >= 11 is 3.31. The zero-order valence-corrected chi connectivity index (χ0v) is 12.4. The molecule has 0 spiro atoms. The Balaban J connectivity index is 2.01. The van der Waals surface area contributed by atoms with E-state index in [0.29, 0.717) is 16.7 Å². The summed E-state index contributed by atoms with van der Waals surface area (Å²) in [6.07, 6.45) is 0. The number of carbonyl (C=O) groups excluding carboxylic acids is 1. The fourth-order valence-corrected chi connectivity index (χ4v) is 2.30. The molecule has 3 rings (SSSR count). The molecule has 0 fully saturated rings. The van der Waals surface area contributed by atoms with Gasteiger partial charge in [0.25, 0.3) is 0 Å². The Hall–Kier alpha value is -2.40. The third-order valence-corrected chi connectivity index (χ3v) is 3.52. The van der Waals surface area contributed by atoms with E-state index in [1.165, 1.54) is 6.07 Å². The van der Waals surface area contributed by atoms with Crippen LogP contribution in [0.1, 0.15) is 10.4 Å². The summed E-state index contributed by atoms with van der Waals surface area (Å²) in [7, 11) is 0. The molecule has 0 aliphatic rings. The number of rotatable bonds is 2. The molecule has 21 heavy (non-hydrogen) atoms. The number of halogens is 1. The minimum Gasteiger partial charge on any atom is -0.423 e. The zero-order chi connectivity index (χ0) is 14.8. The molecule has 1 heterocycles. The second kappa shape index (κ2) is 5.54. The highest BCUT2D eigenvalue weighted by molar-refractivity contribution is 9.10. The second-order valence-electron chi connectivity index (χ2n) is 4.44. The van der Waals surface area contributed by atoms with Crippen molar-refractivity contribution in [2.24, 2.45) is 0 Å². The van der Waals surface area contributed by atoms with Gasteiger partial charge in [0.15, 0.2) is 0 Å². The Morgan fingerprint density at radius 3 is 2.52 bits per heavy atom. The average Bonchev–Trinajstić information content (AvgIpc) is 2.48. The van der Waals surface area contributed by atoms with Crippen LogP contribution in [0.2, 0.25) is 0 Å². The van der Waals surface area contributed by atoms with Crippen molar-refractivity contribution in [1.82, 2.24) is 4.98 Å². The molecule has 0 saturated carbocycles. The van der Waals surface area contributed by atoms with Gasteiger partial charge in [-0.25, -0.2) is 4.79 Å². The van der Waals surface area contributed by atoms with E-state index >= 15 is 0 Å². The maximum Gasteiger partial charge on any atom is 0.344 e. The number of nitrogens with one attached hydrogen (secondary N) is 1. The smallest absolute Gasteiger partial charge is 0.344 e. The molecule has 0 bridgehead atoms. The fraction of sp³-hybridized carbons (Fsp3) is 0. The van der Waals surface area contributed by atoms with E-state index in [0.717, 1.165) is 4.47 Å². The van der Waals surface area contributed by atoms with Crippen LogP contribution in [0.25, 0.3) is 10.9 Å². The third kappa shape index (κ3) is 2.87. The predicted molar refractivity (Wildman–Crippen MR) is 83.7 cm³/mol. The predicted octanol–water partition coefficient (Wildman–Crippen LogP) is 3.51. The standard InChI is InChI=1S/C16H10BrNO3/c17-10-5-7-11(8-6-10)21-16(20)13-9-15(19)18-14-4-2-1-3-12(13)14/h1-9H,(H,18,19). The van der Waals surface area contributed by atoms with Crippen LogP contribution in [-0.2, 0) is 0 Å². The highest BCUT2D eigenvalue weighted by atomic mass is 79.9. The maximum absolute atomic E-state index is 12.3. The molecule has 104 valence electrons. The van der Waals surface area contributed by atoms with Crippen molar-refractivity contribution < 1.29 is 9.53 Å². The number of fused-ring (bicyclic) bond motifs is 1. The number of carbonyl (C=O) groups is 1. The summed E-state index contributed by atoms with van der Waals surface area (Å²) in [6.45, 7) is 0. The number of ether oxygens (including phenoxy) is 1. The largest absolute Gasteiger partial charge is 0.423 e. The first-order chi connectivity index (χ1) is 10.1. The number of hydrogen-bond acceptors (Lipinski definition) is 3. The van der Waals surface area contributed by atoms with Gasteiger partial charge in [-0.15, -0.1) is 0 Å². The molecule has 0 radical (unpaired) electrons. The van der Waals surface area contributed by atoms with Crippen LogP contribution in [0.5, 0.6) is 5.75 Å². The van der Waals surface area contributed by atoms with Crippen LogP contribution in [0, 0.1) is 0 Å². The minimum atomic E-state index is -0.556. The van der Waals surface area contributed by atoms with Crippen molar-refractivity contribution in [1.29, 1.82) is 0 Å². The molecule has 2 aromatic carbocycles. The van der Waals surface area contributed by atoms with Crippen molar-refractivity contribution in [2.75, 3.05) is 0 Å². The topological polar surface area (TPSA) is 59.2 Å². The summed E-state index contributed by atoms with van der Waals surface area (Å²) in [4.78, 5) is 26.6. The van der Waals surface area contributed by atoms with Gasteiger partial charge in [-0.1, -0.05) is 34.1 Å². The highest BCUT2D eigenvalue weighted by Crippen LogP contribution is 2.20. The van der Waals surface area contributed by atoms with Crippen molar-refractivity contribution in [3.63, 3.8) is 0 Å². The maximum atomic E-state index is 12.3. The fourth-order valence-electron chi connectivity index (χ4n) is 2.04. The Bertz CT molecular complexity index is 869. The Labute approximate surface area is 128 Å². The number of aromatic nitrogens is 1. The number of pyridine rings is 1. The second-order valence-corrected chi connectivity index (χ2v) is 5.35. The zero-order valence-electron chi connectivity index (χ0n) is 10.8. The van der Waals surface area contributed by atoms with Gasteiger partial charge in [-0.3, -0.25) is 4.79 Å². The first kappa shape index (κ1) is 13.6. The SMILES string of the molecule is O=C(Oc1ccc(Br)cc1)c1cc(=O)[nH]c2ccccc12. The van der Waals surface area contributed by atoms with Crippen molar-refractivity contribution >= 4 is 32.8 Å². The van der Waals surface area contributed by atoms with E-state index in [1.807, 2.05) is 0 Å². The van der Waals surface area contributed by atoms with Gasteiger partial charge in [0.1, 0.15) is 5.75 Å². The van der Waals surface area contributed by atoms with Gasteiger partial charge in [-0.05, 0) is 30.3 Å². The third-order valence-electron chi connectivity index (χ3n) is 2.99. The lowest BCUT2D eigenvalue weighted by Crippen LogP contribution is -2.14. The first-order valence-corrected chi connectivity index (χ1v) is 7.02. The van der Waals surface area contributed by atoms with Crippen LogP contribution in [-0.4, -0.2) is 11.0 Å². The lowest BCUT2D eigenvalue weighted by Gasteiger charge is -2.07. The lowest BCUT2D eigenvalue weighted by atomic mass is 10.1. The first-order valence-electron chi connectivity index (χ1n) is 6.23. The van der Waals surface area contributed by atoms with E-state index in [9.17, 15) is 9.59 Å². The van der Waals surface area contributed by atoms with Gasteiger partial charge in [-0.2, -0.15) is 0 Å². The molecule has 4 nitrogen and oxygen atoms in total. The molecule has 0 amide bonds. The number of benzene rings is 2. The number of esters is 1. The van der Waals surface area contributed by atoms with Crippen LogP contribution >= 0.6 is 15.9 Å². The van der Waals surface area contributed by atoms with Crippen LogP contribution in [0.3, 0.4) is 0 Å². The molecule has 3 aromatic rings. The number of para-hydroxylation sites is 1. The van der Waals surface area contributed by atoms with E-state index in [2.05, 4.69) is 20.9 Å². The van der Waals surface area contributed by atoms with Crippen molar-refractivity contribution in [3.05, 3.63) is 75.0 Å². The highest BCUT2D eigenvalue weighted by Gasteiger charge is 2.13. The van der Waals surface area contributed by atoms with E-state index in [4.69, 9.17) is 4.74 Å². The van der Waals surface area contributed by atoms with Crippen LogP contribution < -0.4 is 10.3 Å². The Kier molecular flexibility index (Phi) is 3.58. The lowest BCUT2D eigenvalue weighted by molar-refractivity contribution is 0.0736. The Morgan fingerprint density at radius 2 is 1.76 bits per heavy atom. The summed E-state index contributed by atoms with van der Waals surface area (Å²) in [6, 6.07) is 15.3. The number of hydrogen-bond donors (Lipinski definition) is 1. The molecular weight excluding hydrogens is 334 g/mol. The summed E-state index contributed by atoms with van der Waals surface area (Å²) < 4.78 is 6.20. The van der Waals surface area contributed by atoms with E-state index < -0.39 is 5.97 Å². The van der Waals surface area contributed by atoms with E-state index in [1.54, 1.807) is 48.5 Å². The van der Waals surface area contributed by atoms with Gasteiger partial charge >= 0.3 is 5.97 Å². The molecule has 0 unspecified atom stereocenters. The quantitative estimate of drug-likeness (QED) is 0.572. The molecule has 5 heteroatoms.